The van der Waals surface area contributed by atoms with Gasteiger partial charge in [-0.1, -0.05) is 11.6 Å². The Labute approximate surface area is 151 Å². The molecule has 0 aliphatic carbocycles. The quantitative estimate of drug-likeness (QED) is 0.685. The number of aryl methyl sites for hydroxylation is 2. The highest BCUT2D eigenvalue weighted by molar-refractivity contribution is 6.35. The minimum Gasteiger partial charge on any atom is -0.508 e. The van der Waals surface area contributed by atoms with E-state index in [-0.39, 0.29) is 27.5 Å². The Balaban J connectivity index is 2.27. The highest BCUT2D eigenvalue weighted by Gasteiger charge is 2.28. The molecular formula is C18H12ClF3N2O2. The lowest BCUT2D eigenvalue weighted by Crippen LogP contribution is -2.07. The predicted molar refractivity (Wildman–Crippen MR) is 89.8 cm³/mol. The summed E-state index contributed by atoms with van der Waals surface area (Å²) in [7, 11) is 1.43. The summed E-state index contributed by atoms with van der Waals surface area (Å²) in [4.78, 5) is 12.9. The number of benzene rings is 2. The fraction of sp³-hybridized carbons (Fsp3) is 0.111. The Hall–Kier alpha value is -2.80. The first-order valence-corrected chi connectivity index (χ1v) is 7.80. The summed E-state index contributed by atoms with van der Waals surface area (Å²) >= 11 is 5.95. The molecule has 26 heavy (non-hydrogen) atoms. The van der Waals surface area contributed by atoms with Crippen molar-refractivity contribution in [2.45, 2.75) is 6.92 Å². The maximum Gasteiger partial charge on any atom is 0.198 e. The minimum absolute atomic E-state index is 0.0231. The monoisotopic (exact) mass is 380 g/mol. The Bertz CT molecular complexity index is 1020. The van der Waals surface area contributed by atoms with Gasteiger partial charge in [0.15, 0.2) is 5.78 Å². The van der Waals surface area contributed by atoms with Crippen LogP contribution in [-0.4, -0.2) is 20.7 Å². The molecule has 8 heteroatoms. The molecule has 0 fully saturated rings. The first-order chi connectivity index (χ1) is 12.2. The molecule has 0 saturated carbocycles. The van der Waals surface area contributed by atoms with Gasteiger partial charge in [0, 0.05) is 24.7 Å². The third-order valence-electron chi connectivity index (χ3n) is 3.89. The van der Waals surface area contributed by atoms with Gasteiger partial charge >= 0.3 is 0 Å². The van der Waals surface area contributed by atoms with Crippen LogP contribution >= 0.6 is 11.6 Å². The van der Waals surface area contributed by atoms with Crippen LogP contribution in [-0.2, 0) is 7.05 Å². The number of ketones is 1. The molecule has 3 rings (SSSR count). The maximum atomic E-state index is 14.3. The van der Waals surface area contributed by atoms with Crippen LogP contribution in [0.3, 0.4) is 0 Å². The standard InChI is InChI=1S/C18H12ClF3N2O2/c1-8-15(18(26)11-4-3-9(20)5-12(11)19)17(24(2)23-8)16-13(21)6-10(25)7-14(16)22/h3-7,25H,1-2H3. The number of phenolic OH excluding ortho intramolecular Hbond substituents is 1. The Morgan fingerprint density at radius 1 is 1.15 bits per heavy atom. The number of nitrogens with zero attached hydrogens (tertiary/aromatic N) is 2. The van der Waals surface area contributed by atoms with Crippen molar-refractivity contribution in [2.75, 3.05) is 0 Å². The average Bonchev–Trinajstić information content (AvgIpc) is 2.80. The van der Waals surface area contributed by atoms with E-state index in [1.165, 1.54) is 24.7 Å². The van der Waals surface area contributed by atoms with Crippen molar-refractivity contribution in [3.05, 3.63) is 69.6 Å². The summed E-state index contributed by atoms with van der Waals surface area (Å²) < 4.78 is 43.1. The number of carbonyl (C=O) groups is 1. The zero-order valence-electron chi connectivity index (χ0n) is 13.6. The van der Waals surface area contributed by atoms with Gasteiger partial charge in [0.2, 0.25) is 0 Å². The van der Waals surface area contributed by atoms with E-state index in [2.05, 4.69) is 5.10 Å². The van der Waals surface area contributed by atoms with Gasteiger partial charge in [-0.25, -0.2) is 13.2 Å². The van der Waals surface area contributed by atoms with Crippen LogP contribution in [0, 0.1) is 24.4 Å². The van der Waals surface area contributed by atoms with Gasteiger partial charge in [0.05, 0.1) is 27.5 Å². The second-order valence-electron chi connectivity index (χ2n) is 5.67. The number of hydrogen-bond acceptors (Lipinski definition) is 3. The number of hydrogen-bond donors (Lipinski definition) is 1. The normalized spacial score (nSPS) is 11.0. The van der Waals surface area contributed by atoms with Gasteiger partial charge in [-0.3, -0.25) is 9.48 Å². The number of halogens is 4. The van der Waals surface area contributed by atoms with Gasteiger partial charge < -0.3 is 5.11 Å². The lowest BCUT2D eigenvalue weighted by atomic mass is 9.97. The van der Waals surface area contributed by atoms with Crippen LogP contribution in [0.4, 0.5) is 13.2 Å². The van der Waals surface area contributed by atoms with Crippen LogP contribution in [0.15, 0.2) is 30.3 Å². The Kier molecular flexibility index (Phi) is 4.50. The van der Waals surface area contributed by atoms with Gasteiger partial charge in [0.25, 0.3) is 0 Å². The second kappa shape index (κ2) is 6.49. The fourth-order valence-corrected chi connectivity index (χ4v) is 3.06. The summed E-state index contributed by atoms with van der Waals surface area (Å²) in [5, 5.41) is 13.3. The zero-order valence-corrected chi connectivity index (χ0v) is 14.4. The molecule has 0 amide bonds. The Morgan fingerprint density at radius 2 is 1.77 bits per heavy atom. The lowest BCUT2D eigenvalue weighted by molar-refractivity contribution is 0.103. The first-order valence-electron chi connectivity index (χ1n) is 7.42. The molecule has 1 aromatic heterocycles. The van der Waals surface area contributed by atoms with Crippen LogP contribution in [0.1, 0.15) is 21.6 Å². The molecule has 0 atom stereocenters. The number of carbonyl (C=O) groups excluding carboxylic acids is 1. The fourth-order valence-electron chi connectivity index (χ4n) is 2.81. The highest BCUT2D eigenvalue weighted by atomic mass is 35.5. The molecule has 0 unspecified atom stereocenters. The molecule has 4 nitrogen and oxygen atoms in total. The number of rotatable bonds is 3. The van der Waals surface area contributed by atoms with E-state index in [1.54, 1.807) is 0 Å². The minimum atomic E-state index is -1.05. The summed E-state index contributed by atoms with van der Waals surface area (Å²) in [5.74, 6) is -3.96. The molecular weight excluding hydrogens is 369 g/mol. The molecule has 1 heterocycles. The maximum absolute atomic E-state index is 14.3. The van der Waals surface area contributed by atoms with Gasteiger partial charge in [-0.05, 0) is 25.1 Å². The van der Waals surface area contributed by atoms with E-state index >= 15 is 0 Å². The topological polar surface area (TPSA) is 55.1 Å². The van der Waals surface area contributed by atoms with E-state index in [1.807, 2.05) is 0 Å². The molecule has 134 valence electrons. The van der Waals surface area contributed by atoms with E-state index in [0.29, 0.717) is 0 Å². The summed E-state index contributed by atoms with van der Waals surface area (Å²) in [6, 6.07) is 4.70. The smallest absolute Gasteiger partial charge is 0.198 e. The van der Waals surface area contributed by atoms with E-state index < -0.39 is 34.5 Å². The van der Waals surface area contributed by atoms with Crippen LogP contribution in [0.2, 0.25) is 5.02 Å². The number of aromatic nitrogens is 2. The second-order valence-corrected chi connectivity index (χ2v) is 6.08. The molecule has 2 aromatic carbocycles. The van der Waals surface area contributed by atoms with Crippen molar-refractivity contribution < 1.29 is 23.1 Å². The van der Waals surface area contributed by atoms with Gasteiger partial charge in [0.1, 0.15) is 23.2 Å². The Morgan fingerprint density at radius 3 is 2.35 bits per heavy atom. The average molecular weight is 381 g/mol. The van der Waals surface area contributed by atoms with Crippen molar-refractivity contribution in [3.63, 3.8) is 0 Å². The van der Waals surface area contributed by atoms with Crippen molar-refractivity contribution in [2.24, 2.45) is 7.05 Å². The zero-order chi connectivity index (χ0) is 19.2. The van der Waals surface area contributed by atoms with Crippen molar-refractivity contribution in [3.8, 4) is 17.0 Å². The van der Waals surface area contributed by atoms with Crippen LogP contribution in [0.25, 0.3) is 11.3 Å². The van der Waals surface area contributed by atoms with Crippen molar-refractivity contribution in [1.29, 1.82) is 0 Å². The third kappa shape index (κ3) is 2.94. The van der Waals surface area contributed by atoms with Crippen LogP contribution in [0.5, 0.6) is 5.75 Å². The van der Waals surface area contributed by atoms with Gasteiger partial charge in [-0.15, -0.1) is 0 Å². The largest absolute Gasteiger partial charge is 0.508 e. The summed E-state index contributed by atoms with van der Waals surface area (Å²) in [6.07, 6.45) is 0. The summed E-state index contributed by atoms with van der Waals surface area (Å²) in [6.45, 7) is 1.50. The molecule has 0 saturated heterocycles. The van der Waals surface area contributed by atoms with Crippen molar-refractivity contribution >= 4 is 17.4 Å². The molecule has 0 bridgehead atoms. The highest BCUT2D eigenvalue weighted by Crippen LogP contribution is 2.34. The van der Waals surface area contributed by atoms with Crippen LogP contribution < -0.4 is 0 Å². The SMILES string of the molecule is Cc1nn(C)c(-c2c(F)cc(O)cc2F)c1C(=O)c1ccc(F)cc1Cl. The number of aromatic hydroxyl groups is 1. The molecule has 0 aliphatic heterocycles. The molecule has 0 aliphatic rings. The molecule has 0 radical (unpaired) electrons. The van der Waals surface area contributed by atoms with E-state index in [4.69, 9.17) is 11.6 Å². The van der Waals surface area contributed by atoms with E-state index in [9.17, 15) is 23.1 Å². The first kappa shape index (κ1) is 18.0. The van der Waals surface area contributed by atoms with Crippen molar-refractivity contribution in [1.82, 2.24) is 9.78 Å². The third-order valence-corrected chi connectivity index (χ3v) is 4.20. The molecule has 0 spiro atoms. The lowest BCUT2D eigenvalue weighted by Gasteiger charge is -2.10. The molecule has 3 aromatic rings. The molecule has 1 N–H and O–H groups in total. The number of phenols is 1. The van der Waals surface area contributed by atoms with Gasteiger partial charge in [-0.2, -0.15) is 5.10 Å². The summed E-state index contributed by atoms with van der Waals surface area (Å²) in [5.41, 5.74) is -0.482. The predicted octanol–water partition coefficient (Wildman–Crippen LogP) is 4.40. The van der Waals surface area contributed by atoms with E-state index in [0.717, 1.165) is 24.3 Å².